The van der Waals surface area contributed by atoms with Gasteiger partial charge in [-0.15, -0.1) is 0 Å². The van der Waals surface area contributed by atoms with E-state index in [4.69, 9.17) is 0 Å². The predicted octanol–water partition coefficient (Wildman–Crippen LogP) is 0.720. The van der Waals surface area contributed by atoms with Crippen molar-refractivity contribution >= 4 is 6.34 Å². The summed E-state index contributed by atoms with van der Waals surface area (Å²) in [5.74, 6) is 0. The molecule has 0 saturated carbocycles. The summed E-state index contributed by atoms with van der Waals surface area (Å²) in [6, 6.07) is 0. The summed E-state index contributed by atoms with van der Waals surface area (Å²) in [5, 5.41) is 0. The van der Waals surface area contributed by atoms with Gasteiger partial charge in [0.15, 0.2) is 0 Å². The first-order chi connectivity index (χ1) is 3.27. The Balaban J connectivity index is 3.25. The fourth-order valence-electron chi connectivity index (χ4n) is 0.180. The van der Waals surface area contributed by atoms with E-state index in [9.17, 15) is 0 Å². The van der Waals surface area contributed by atoms with Crippen LogP contribution < -0.4 is 0 Å². The largest absolute Gasteiger partial charge is 0.369 e. The molecule has 0 N–H and O–H groups in total. The van der Waals surface area contributed by atoms with Gasteiger partial charge in [0.25, 0.3) is 0 Å². The molecule has 0 radical (unpaired) electrons. The SMILES string of the molecule is C=C/N=C\N(C)C. The van der Waals surface area contributed by atoms with Crippen LogP contribution in [-0.4, -0.2) is 25.3 Å². The van der Waals surface area contributed by atoms with Gasteiger partial charge in [0.1, 0.15) is 0 Å². The van der Waals surface area contributed by atoms with Gasteiger partial charge in [0.2, 0.25) is 0 Å². The van der Waals surface area contributed by atoms with Crippen molar-refractivity contribution in [2.24, 2.45) is 4.99 Å². The van der Waals surface area contributed by atoms with E-state index >= 15 is 0 Å². The van der Waals surface area contributed by atoms with Gasteiger partial charge >= 0.3 is 0 Å². The van der Waals surface area contributed by atoms with Gasteiger partial charge in [-0.1, -0.05) is 6.58 Å². The second-order valence-corrected chi connectivity index (χ2v) is 1.41. The summed E-state index contributed by atoms with van der Waals surface area (Å²) in [6.45, 7) is 3.41. The van der Waals surface area contributed by atoms with Crippen molar-refractivity contribution in [2.45, 2.75) is 0 Å². The highest BCUT2D eigenvalue weighted by atomic mass is 15.1. The predicted molar refractivity (Wildman–Crippen MR) is 32.4 cm³/mol. The Labute approximate surface area is 44.2 Å². The van der Waals surface area contributed by atoms with Crippen molar-refractivity contribution in [1.82, 2.24) is 4.90 Å². The lowest BCUT2D eigenvalue weighted by atomic mass is 10.9. The van der Waals surface area contributed by atoms with Crippen LogP contribution in [0.5, 0.6) is 0 Å². The molecule has 0 amide bonds. The molecule has 0 aliphatic carbocycles. The molecular weight excluding hydrogens is 88.1 g/mol. The van der Waals surface area contributed by atoms with Gasteiger partial charge in [0, 0.05) is 20.3 Å². The van der Waals surface area contributed by atoms with E-state index in [1.807, 2.05) is 19.0 Å². The van der Waals surface area contributed by atoms with Crippen molar-refractivity contribution in [3.63, 3.8) is 0 Å². The number of nitrogens with zero attached hydrogens (tertiary/aromatic N) is 2. The van der Waals surface area contributed by atoms with Crippen LogP contribution in [0.15, 0.2) is 17.8 Å². The molecule has 0 aromatic rings. The molecule has 2 heteroatoms. The van der Waals surface area contributed by atoms with Crippen LogP contribution in [0.1, 0.15) is 0 Å². The lowest BCUT2D eigenvalue weighted by molar-refractivity contribution is 0.643. The van der Waals surface area contributed by atoms with Crippen molar-refractivity contribution in [2.75, 3.05) is 14.1 Å². The maximum Gasteiger partial charge on any atom is 0.0899 e. The Morgan fingerprint density at radius 3 is 2.29 bits per heavy atom. The average molecular weight is 98.1 g/mol. The van der Waals surface area contributed by atoms with Crippen molar-refractivity contribution in [3.05, 3.63) is 12.8 Å². The monoisotopic (exact) mass is 98.1 g/mol. The number of rotatable bonds is 2. The molecule has 0 fully saturated rings. The van der Waals surface area contributed by atoms with Crippen LogP contribution in [0.25, 0.3) is 0 Å². The zero-order valence-electron chi connectivity index (χ0n) is 4.76. The summed E-state index contributed by atoms with van der Waals surface area (Å²) in [4.78, 5) is 5.58. The first-order valence-electron chi connectivity index (χ1n) is 2.08. The minimum atomic E-state index is 1.50. The third-order valence-corrected chi connectivity index (χ3v) is 0.403. The summed E-state index contributed by atoms with van der Waals surface area (Å²) in [7, 11) is 3.82. The maximum atomic E-state index is 3.74. The highest BCUT2D eigenvalue weighted by Crippen LogP contribution is 1.66. The molecule has 0 heterocycles. The second kappa shape index (κ2) is 3.40. The lowest BCUT2D eigenvalue weighted by Gasteiger charge is -1.98. The molecule has 0 saturated heterocycles. The normalized spacial score (nSPS) is 9.43. The van der Waals surface area contributed by atoms with Crippen LogP contribution >= 0.6 is 0 Å². The van der Waals surface area contributed by atoms with E-state index in [1.54, 1.807) is 6.34 Å². The molecule has 0 rings (SSSR count). The fourth-order valence-corrected chi connectivity index (χ4v) is 0.180. The fraction of sp³-hybridized carbons (Fsp3) is 0.400. The van der Waals surface area contributed by atoms with Crippen LogP contribution in [0.2, 0.25) is 0 Å². The standard InChI is InChI=1S/C5H10N2/c1-4-6-5-7(2)3/h4-5H,1H2,2-3H3/b6-5-. The summed E-state index contributed by atoms with van der Waals surface area (Å²) in [5.41, 5.74) is 0. The van der Waals surface area contributed by atoms with Crippen LogP contribution in [0.3, 0.4) is 0 Å². The number of hydrogen-bond acceptors (Lipinski definition) is 1. The van der Waals surface area contributed by atoms with Crippen LogP contribution in [0, 0.1) is 0 Å². The van der Waals surface area contributed by atoms with E-state index in [0.717, 1.165) is 0 Å². The highest BCUT2D eigenvalue weighted by molar-refractivity contribution is 5.54. The van der Waals surface area contributed by atoms with Crippen molar-refractivity contribution < 1.29 is 0 Å². The van der Waals surface area contributed by atoms with E-state index in [1.165, 1.54) is 6.20 Å². The zero-order chi connectivity index (χ0) is 5.70. The van der Waals surface area contributed by atoms with E-state index in [-0.39, 0.29) is 0 Å². The Morgan fingerprint density at radius 2 is 2.14 bits per heavy atom. The van der Waals surface area contributed by atoms with E-state index in [2.05, 4.69) is 11.6 Å². The highest BCUT2D eigenvalue weighted by Gasteiger charge is 1.68. The van der Waals surface area contributed by atoms with E-state index in [0.29, 0.717) is 0 Å². The molecule has 0 unspecified atom stereocenters. The molecule has 40 valence electrons. The number of aliphatic imine (C=N–C) groups is 1. The number of hydrogen-bond donors (Lipinski definition) is 0. The third kappa shape index (κ3) is 5.21. The molecule has 0 aromatic carbocycles. The Morgan fingerprint density at radius 1 is 1.57 bits per heavy atom. The van der Waals surface area contributed by atoms with Crippen LogP contribution in [-0.2, 0) is 0 Å². The molecule has 0 aromatic heterocycles. The molecule has 0 bridgehead atoms. The molecule has 7 heavy (non-hydrogen) atoms. The maximum absolute atomic E-state index is 3.74. The topological polar surface area (TPSA) is 15.6 Å². The smallest absolute Gasteiger partial charge is 0.0899 e. The Hall–Kier alpha value is -0.790. The quantitative estimate of drug-likeness (QED) is 0.367. The minimum Gasteiger partial charge on any atom is -0.369 e. The first kappa shape index (κ1) is 6.21. The summed E-state index contributed by atoms with van der Waals surface area (Å²) in [6.07, 6.45) is 3.19. The van der Waals surface area contributed by atoms with Gasteiger partial charge in [0.05, 0.1) is 6.34 Å². The van der Waals surface area contributed by atoms with Crippen molar-refractivity contribution in [3.8, 4) is 0 Å². The first-order valence-corrected chi connectivity index (χ1v) is 2.08. The average Bonchev–Trinajstić information content (AvgIpc) is 1.61. The van der Waals surface area contributed by atoms with Crippen LogP contribution in [0.4, 0.5) is 0 Å². The molecule has 2 nitrogen and oxygen atoms in total. The zero-order valence-corrected chi connectivity index (χ0v) is 4.76. The molecule has 0 atom stereocenters. The van der Waals surface area contributed by atoms with Gasteiger partial charge in [-0.05, 0) is 0 Å². The van der Waals surface area contributed by atoms with Crippen molar-refractivity contribution in [1.29, 1.82) is 0 Å². The lowest BCUT2D eigenvalue weighted by Crippen LogP contribution is -2.06. The molecule has 0 aliphatic heterocycles. The van der Waals surface area contributed by atoms with E-state index < -0.39 is 0 Å². The molecular formula is C5H10N2. The van der Waals surface area contributed by atoms with Gasteiger partial charge < -0.3 is 4.90 Å². The summed E-state index contributed by atoms with van der Waals surface area (Å²) < 4.78 is 0. The Bertz CT molecular complexity index is 74.1. The second-order valence-electron chi connectivity index (χ2n) is 1.41. The minimum absolute atomic E-state index is 1.50. The third-order valence-electron chi connectivity index (χ3n) is 0.403. The van der Waals surface area contributed by atoms with Gasteiger partial charge in [-0.3, -0.25) is 0 Å². The molecule has 0 spiro atoms. The summed E-state index contributed by atoms with van der Waals surface area (Å²) >= 11 is 0. The molecule has 0 aliphatic rings. The van der Waals surface area contributed by atoms with Gasteiger partial charge in [-0.25, -0.2) is 4.99 Å². The van der Waals surface area contributed by atoms with Gasteiger partial charge in [-0.2, -0.15) is 0 Å². The Kier molecular flexibility index (Phi) is 3.02.